The number of benzene rings is 2. The monoisotopic (exact) mass is 976 g/mol. The van der Waals surface area contributed by atoms with E-state index < -0.39 is 70.8 Å². The summed E-state index contributed by atoms with van der Waals surface area (Å²) in [6.45, 7) is 14.5. The minimum Gasteiger partial charge on any atom is -0.351 e. The van der Waals surface area contributed by atoms with Crippen LogP contribution in [0.15, 0.2) is 48.5 Å². The summed E-state index contributed by atoms with van der Waals surface area (Å²) < 4.78 is 0. The first-order valence-corrected chi connectivity index (χ1v) is 25.2. The molecule has 1 fully saturated rings. The lowest BCUT2D eigenvalue weighted by Crippen LogP contribution is -2.59. The molecule has 1 aliphatic heterocycles. The number of likely N-dealkylation sites (N-methyl/N-ethyl adjacent to an activating group) is 2. The zero-order valence-electron chi connectivity index (χ0n) is 43.4. The highest BCUT2D eigenvalue weighted by atomic mass is 16.2. The standard InChI is InChI=1S/C55H77N9O7/c1-34(56-9)48(66)62-46(54(3,4)5)52(70)61-43(50(68)59-41-29-20-24-36-22-16-18-26-39(36)41)28-14-12-11-13-15-31-45(65)58-38-32-44(51(69)60-42-30-21-25-37-23-17-19-27-40(37)42)64(33-38)53(71)47(55(6,7)8)63-49(67)35(2)57-10/h16-19,22-23,26-27,34-35,38,41-44,46-47,56-57H,15,20-21,24-25,28-33H2,1-10H3,(H,58,65)(H,59,68)(H,60,69)(H,61,70)(H,62,66)(H,63,67)/t34-,35-,38-,41+,42+,43-,44-,46+,47+/m0/s1. The quantitative estimate of drug-likeness (QED) is 0.109. The summed E-state index contributed by atoms with van der Waals surface area (Å²) >= 11 is 0. The Kier molecular flexibility index (Phi) is 19.8. The lowest BCUT2D eigenvalue weighted by Gasteiger charge is -2.36. The Morgan fingerprint density at radius 2 is 1.17 bits per heavy atom. The smallest absolute Gasteiger partial charge is 0.246 e. The van der Waals surface area contributed by atoms with Gasteiger partial charge in [0.25, 0.3) is 0 Å². The average molecular weight is 976 g/mol. The van der Waals surface area contributed by atoms with Gasteiger partial charge in [0, 0.05) is 31.8 Å². The molecule has 0 radical (unpaired) electrons. The summed E-state index contributed by atoms with van der Waals surface area (Å²) in [7, 11) is 3.32. The van der Waals surface area contributed by atoms with E-state index in [9.17, 15) is 33.6 Å². The van der Waals surface area contributed by atoms with Crippen molar-refractivity contribution >= 4 is 41.4 Å². The number of nitrogens with zero attached hydrogens (tertiary/aromatic N) is 1. The fourth-order valence-corrected chi connectivity index (χ4v) is 9.31. The van der Waals surface area contributed by atoms with E-state index in [1.165, 1.54) is 16.0 Å². The number of fused-ring (bicyclic) bond motifs is 2. The molecule has 9 atom stereocenters. The molecule has 2 aliphatic carbocycles. The Morgan fingerprint density at radius 3 is 1.72 bits per heavy atom. The van der Waals surface area contributed by atoms with Crippen LogP contribution in [0.3, 0.4) is 0 Å². The molecule has 16 heteroatoms. The van der Waals surface area contributed by atoms with Crippen molar-refractivity contribution in [2.24, 2.45) is 10.8 Å². The normalized spacial score (nSPS) is 20.5. The number of carbonyl (C=O) groups is 7. The first kappa shape index (κ1) is 55.7. The van der Waals surface area contributed by atoms with Gasteiger partial charge in [-0.05, 0) is 118 Å². The van der Waals surface area contributed by atoms with Crippen molar-refractivity contribution in [2.45, 2.75) is 174 Å². The number of carbonyl (C=O) groups excluding carboxylic acids is 7. The third-order valence-electron chi connectivity index (χ3n) is 13.7. The second-order valence-electron chi connectivity index (χ2n) is 21.3. The molecule has 384 valence electrons. The number of likely N-dealkylation sites (tertiary alicyclic amines) is 1. The van der Waals surface area contributed by atoms with Crippen molar-refractivity contribution in [1.82, 2.24) is 47.4 Å². The second kappa shape index (κ2) is 25.2. The Balaban J connectivity index is 1.26. The molecular weight excluding hydrogens is 899 g/mol. The maximum Gasteiger partial charge on any atom is 0.246 e. The van der Waals surface area contributed by atoms with Crippen LogP contribution in [-0.2, 0) is 46.4 Å². The molecule has 0 bridgehead atoms. The topological polar surface area (TPSA) is 219 Å². The molecule has 1 saturated heterocycles. The van der Waals surface area contributed by atoms with Crippen LogP contribution >= 0.6 is 0 Å². The molecule has 8 N–H and O–H groups in total. The van der Waals surface area contributed by atoms with Crippen LogP contribution in [0.2, 0.25) is 0 Å². The first-order chi connectivity index (χ1) is 33.6. The van der Waals surface area contributed by atoms with Gasteiger partial charge in [-0.3, -0.25) is 33.6 Å². The molecule has 7 amide bonds. The highest BCUT2D eigenvalue weighted by Crippen LogP contribution is 2.32. The Hall–Kier alpha value is -6.23. The number of amides is 7. The third kappa shape index (κ3) is 15.4. The molecule has 0 spiro atoms. The van der Waals surface area contributed by atoms with Gasteiger partial charge in [-0.2, -0.15) is 0 Å². The molecule has 16 nitrogen and oxygen atoms in total. The molecule has 5 rings (SSSR count). The predicted molar refractivity (Wildman–Crippen MR) is 274 cm³/mol. The van der Waals surface area contributed by atoms with E-state index in [0.717, 1.165) is 49.7 Å². The van der Waals surface area contributed by atoms with Crippen LogP contribution < -0.4 is 42.5 Å². The fraction of sp³-hybridized carbons (Fsp3) is 0.582. The first-order valence-electron chi connectivity index (χ1n) is 25.2. The van der Waals surface area contributed by atoms with Crippen molar-refractivity contribution in [1.29, 1.82) is 0 Å². The number of hydrogen-bond donors (Lipinski definition) is 8. The van der Waals surface area contributed by atoms with E-state index >= 15 is 0 Å². The number of nitrogens with one attached hydrogen (secondary N) is 8. The van der Waals surface area contributed by atoms with E-state index in [2.05, 4.69) is 78.3 Å². The van der Waals surface area contributed by atoms with Gasteiger partial charge in [0.15, 0.2) is 0 Å². The van der Waals surface area contributed by atoms with Crippen LogP contribution in [0.1, 0.15) is 141 Å². The lowest BCUT2D eigenvalue weighted by atomic mass is 9.85. The summed E-state index contributed by atoms with van der Waals surface area (Å²) in [5.41, 5.74) is 3.06. The Morgan fingerprint density at radius 1 is 0.648 bits per heavy atom. The highest BCUT2D eigenvalue weighted by molar-refractivity contribution is 5.95. The number of aryl methyl sites for hydroxylation is 2. The predicted octanol–water partition coefficient (Wildman–Crippen LogP) is 3.40. The highest BCUT2D eigenvalue weighted by Gasteiger charge is 2.46. The lowest BCUT2D eigenvalue weighted by molar-refractivity contribution is -0.144. The van der Waals surface area contributed by atoms with E-state index in [-0.39, 0.29) is 67.9 Å². The van der Waals surface area contributed by atoms with Crippen LogP contribution in [0.4, 0.5) is 0 Å². The molecule has 0 unspecified atom stereocenters. The summed E-state index contributed by atoms with van der Waals surface area (Å²) in [5, 5.41) is 23.8. The van der Waals surface area contributed by atoms with E-state index in [0.29, 0.717) is 0 Å². The summed E-state index contributed by atoms with van der Waals surface area (Å²) in [6.07, 6.45) is 5.45. The molecule has 3 aliphatic rings. The van der Waals surface area contributed by atoms with Crippen molar-refractivity contribution in [2.75, 3.05) is 20.6 Å². The van der Waals surface area contributed by atoms with Gasteiger partial charge < -0.3 is 47.4 Å². The van der Waals surface area contributed by atoms with Crippen molar-refractivity contribution in [3.63, 3.8) is 0 Å². The van der Waals surface area contributed by atoms with Crippen LogP contribution in [0.5, 0.6) is 0 Å². The summed E-state index contributed by atoms with van der Waals surface area (Å²) in [4.78, 5) is 97.4. The minimum absolute atomic E-state index is 0.0213. The van der Waals surface area contributed by atoms with Crippen molar-refractivity contribution in [3.05, 3.63) is 70.8 Å². The fourth-order valence-electron chi connectivity index (χ4n) is 9.31. The maximum atomic E-state index is 14.5. The van der Waals surface area contributed by atoms with Gasteiger partial charge in [-0.15, -0.1) is 0 Å². The zero-order chi connectivity index (χ0) is 52.0. The SMILES string of the molecule is CN[C@@H](C)C(=O)N[C@H](C(=O)N[C@@H](CC#CC#CCCC(=O)N[C@H]1C[C@@H](C(=O)N[C@@H]2CCCc3ccccc32)N(C(=O)[C@@H](NC(=O)[C@H](C)NC)C(C)(C)C)C1)C(=O)N[C@@H]1CCCc2ccccc21)C(C)(C)C. The zero-order valence-corrected chi connectivity index (χ0v) is 43.4. The molecule has 1 heterocycles. The largest absolute Gasteiger partial charge is 0.351 e. The van der Waals surface area contributed by atoms with Gasteiger partial charge in [-0.1, -0.05) is 102 Å². The third-order valence-corrected chi connectivity index (χ3v) is 13.7. The molecule has 0 saturated carbocycles. The Bertz CT molecular complexity index is 2380. The molecule has 71 heavy (non-hydrogen) atoms. The minimum atomic E-state index is -1.06. The Labute approximate surface area is 420 Å². The number of rotatable bonds is 17. The van der Waals surface area contributed by atoms with Crippen LogP contribution in [0.25, 0.3) is 0 Å². The molecular formula is C55H77N9O7. The van der Waals surface area contributed by atoms with Crippen LogP contribution in [0, 0.1) is 34.5 Å². The van der Waals surface area contributed by atoms with E-state index in [1.54, 1.807) is 27.9 Å². The second-order valence-corrected chi connectivity index (χ2v) is 21.3. The summed E-state index contributed by atoms with van der Waals surface area (Å²) in [6, 6.07) is 10.1. The van der Waals surface area contributed by atoms with Gasteiger partial charge in [0.05, 0.1) is 24.2 Å². The molecule has 2 aromatic carbocycles. The maximum absolute atomic E-state index is 14.5. The van der Waals surface area contributed by atoms with E-state index in [4.69, 9.17) is 0 Å². The van der Waals surface area contributed by atoms with Gasteiger partial charge in [0.2, 0.25) is 41.4 Å². The molecule has 2 aromatic rings. The van der Waals surface area contributed by atoms with Gasteiger partial charge in [-0.25, -0.2) is 0 Å². The van der Waals surface area contributed by atoms with Crippen molar-refractivity contribution in [3.8, 4) is 23.7 Å². The summed E-state index contributed by atoms with van der Waals surface area (Å²) in [5.74, 6) is 8.71. The van der Waals surface area contributed by atoms with E-state index in [1.807, 2.05) is 77.9 Å². The van der Waals surface area contributed by atoms with Gasteiger partial charge >= 0.3 is 0 Å². The average Bonchev–Trinajstić information content (AvgIpc) is 3.76. The van der Waals surface area contributed by atoms with Gasteiger partial charge in [0.1, 0.15) is 24.2 Å². The van der Waals surface area contributed by atoms with Crippen molar-refractivity contribution < 1.29 is 33.6 Å². The molecule has 0 aromatic heterocycles. The van der Waals surface area contributed by atoms with Crippen LogP contribution in [-0.4, -0.2) is 109 Å². The number of hydrogen-bond acceptors (Lipinski definition) is 9.